The summed E-state index contributed by atoms with van der Waals surface area (Å²) in [6, 6.07) is 0. The number of hydrogen-bond donors (Lipinski definition) is 8. The summed E-state index contributed by atoms with van der Waals surface area (Å²) in [5.74, 6) is -1.51. The van der Waals surface area contributed by atoms with Gasteiger partial charge in [0, 0.05) is 5.88 Å². The van der Waals surface area contributed by atoms with Gasteiger partial charge in [0.25, 0.3) is 19.3 Å². The van der Waals surface area contributed by atoms with Gasteiger partial charge in [0.1, 0.15) is 36.6 Å². The second-order valence-electron chi connectivity index (χ2n) is 11.3. The lowest BCUT2D eigenvalue weighted by atomic mass is 10.1. The van der Waals surface area contributed by atoms with Gasteiger partial charge in [-0.05, 0) is 0 Å². The largest absolute Gasteiger partial charge is 0.856 e. The smallest absolute Gasteiger partial charge is 0.309 e. The van der Waals surface area contributed by atoms with Gasteiger partial charge in [-0.1, -0.05) is 4.98 Å². The number of aliphatic hydroxyl groups is 4. The summed E-state index contributed by atoms with van der Waals surface area (Å²) >= 11 is 0. The number of nitrogens with two attached hydrogens (primary N) is 2. The van der Waals surface area contributed by atoms with E-state index < -0.39 is 103 Å². The van der Waals surface area contributed by atoms with Crippen LogP contribution in [0.2, 0.25) is 0 Å². The predicted octanol–water partition coefficient (Wildman–Crippen LogP) is -7.09. The molecule has 6 rings (SSSR count). The zero-order valence-electron chi connectivity index (χ0n) is 25.9. The fourth-order valence-electron chi connectivity index (χ4n) is 5.42. The number of aromatic nitrogens is 8. The van der Waals surface area contributed by atoms with E-state index in [2.05, 4.69) is 38.3 Å². The second-order valence-corrected chi connectivity index (χ2v) is 16.1. The topological polar surface area (TPSA) is 433 Å². The molecule has 4 aromatic heterocycles. The van der Waals surface area contributed by atoms with E-state index in [4.69, 9.17) is 20.9 Å². The number of nitrogens with zero attached hydrogens (tertiary/aromatic N) is 7. The van der Waals surface area contributed by atoms with E-state index in [9.17, 15) is 58.7 Å². The van der Waals surface area contributed by atoms with Crippen molar-refractivity contribution in [1.29, 1.82) is 0 Å². The number of imidazole rings is 2. The van der Waals surface area contributed by atoms with E-state index in [1.54, 1.807) is 0 Å². The fraction of sp³-hybridized carbons (Fsp3) is 0.524. The van der Waals surface area contributed by atoms with E-state index in [-0.39, 0.29) is 28.3 Å². The van der Waals surface area contributed by atoms with Crippen molar-refractivity contribution in [3.8, 4) is 5.88 Å². The zero-order valence-corrected chi connectivity index (χ0v) is 28.6. The monoisotopic (exact) mass is 798 g/mol. The molecule has 0 radical (unpaired) electrons. The van der Waals surface area contributed by atoms with Crippen LogP contribution < -0.4 is 46.2 Å². The molecule has 2 fully saturated rings. The molecule has 0 aromatic carbocycles. The van der Waals surface area contributed by atoms with Crippen molar-refractivity contribution in [2.24, 2.45) is 7.05 Å². The number of aliphatic hydroxyl groups excluding tert-OH is 4. The van der Waals surface area contributed by atoms with Gasteiger partial charge in [0.05, 0.1) is 26.6 Å². The van der Waals surface area contributed by atoms with Gasteiger partial charge in [-0.15, -0.1) is 0 Å². The highest BCUT2D eigenvalue weighted by atomic mass is 31.3. The van der Waals surface area contributed by atoms with Crippen LogP contribution in [-0.4, -0.2) is 104 Å². The first-order valence-corrected chi connectivity index (χ1v) is 18.9. The number of phosphoric acid groups is 1. The molecule has 0 aliphatic carbocycles. The van der Waals surface area contributed by atoms with Crippen LogP contribution in [0, 0.1) is 0 Å². The van der Waals surface area contributed by atoms with Crippen molar-refractivity contribution in [1.82, 2.24) is 38.9 Å². The highest BCUT2D eigenvalue weighted by Gasteiger charge is 2.48. The maximum atomic E-state index is 12.4. The van der Waals surface area contributed by atoms with Gasteiger partial charge < -0.3 is 70.2 Å². The summed E-state index contributed by atoms with van der Waals surface area (Å²) in [6.07, 6.45) is -11.4. The minimum Gasteiger partial charge on any atom is -0.856 e. The Hall–Kier alpha value is -3.53. The molecule has 286 valence electrons. The van der Waals surface area contributed by atoms with Gasteiger partial charge in [-0.25, -0.2) is 14.5 Å². The lowest BCUT2D eigenvalue weighted by Gasteiger charge is -2.36. The minimum absolute atomic E-state index is 0.0608. The fourth-order valence-corrected chi connectivity index (χ4v) is 9.24. The van der Waals surface area contributed by atoms with E-state index in [0.29, 0.717) is 0 Å². The Kier molecular flexibility index (Phi) is 10.1. The number of rotatable bonds is 12. The SMILES string of the molecule is Cn1c[n+]([C@@H]2O[C@H](COP(=O)([O-])OP(=O)([O-])NP(=O)([O-])OC[C@H]3O[C@@H](n4cnc5c(=O)[nH]c(N)nc54)[C@H](O)[C@@H]3O)[C@@H](O)[C@H]2O)c2nc(N)nc([O-])c21. The number of fused-ring (bicyclic) bond motifs is 2. The molecule has 2 aliphatic rings. The van der Waals surface area contributed by atoms with Crippen LogP contribution in [0.25, 0.3) is 22.3 Å². The van der Waals surface area contributed by atoms with Crippen LogP contribution in [0.1, 0.15) is 12.5 Å². The van der Waals surface area contributed by atoms with Gasteiger partial charge in [0.15, 0.2) is 29.2 Å². The van der Waals surface area contributed by atoms with Crippen molar-refractivity contribution < 1.29 is 81.3 Å². The molecule has 0 saturated carbocycles. The van der Waals surface area contributed by atoms with Crippen LogP contribution >= 0.6 is 23.3 Å². The third kappa shape index (κ3) is 7.46. The molecule has 2 aliphatic heterocycles. The normalized spacial score (nSPS) is 30.1. The Labute approximate surface area is 287 Å². The minimum atomic E-state index is -6.13. The van der Waals surface area contributed by atoms with Crippen LogP contribution in [0.3, 0.4) is 0 Å². The van der Waals surface area contributed by atoms with E-state index >= 15 is 0 Å². The van der Waals surface area contributed by atoms with Crippen LogP contribution in [0.15, 0.2) is 17.4 Å². The summed E-state index contributed by atoms with van der Waals surface area (Å²) in [5, 5.41) is 54.2. The Morgan fingerprint density at radius 2 is 1.63 bits per heavy atom. The molecular formula is C21H27N11O17P3-3. The van der Waals surface area contributed by atoms with Gasteiger partial charge in [-0.2, -0.15) is 9.84 Å². The molecule has 52 heavy (non-hydrogen) atoms. The van der Waals surface area contributed by atoms with Gasteiger partial charge >= 0.3 is 5.65 Å². The Morgan fingerprint density at radius 3 is 2.35 bits per heavy atom. The molecule has 0 bridgehead atoms. The standard InChI is InChI=1S/C21H30N11O17P3/c1-30-5-32(15-9(30)17(38)28-21(23)26-15)19-13(36)11(34)7(48-19)3-46-52(43,44)49-51(41,42)29-50(39,40)45-2-6-10(33)12(35)18(47-6)31-4-24-8-14(31)25-20(22)27-16(8)37/h4-7,10-13,18-19,33-36H,2-3H2,1H3,(H9-,22,23,25,26,27,28,29,37,38,39,40,41,42,43,44)/p-3/t6-,7-,10-,11-,12-,13-,18-,19-/m1/s1. The van der Waals surface area contributed by atoms with Crippen molar-refractivity contribution in [2.75, 3.05) is 24.7 Å². The van der Waals surface area contributed by atoms with Crippen molar-refractivity contribution >= 4 is 57.5 Å². The Morgan fingerprint density at radius 1 is 0.981 bits per heavy atom. The number of aromatic amines is 1. The molecule has 0 spiro atoms. The van der Waals surface area contributed by atoms with Crippen LogP contribution in [-0.2, 0) is 43.6 Å². The number of H-pyrrole nitrogens is 1. The van der Waals surface area contributed by atoms with E-state index in [1.807, 2.05) is 0 Å². The number of anilines is 2. The van der Waals surface area contributed by atoms with Crippen LogP contribution in [0.4, 0.5) is 11.9 Å². The summed E-state index contributed by atoms with van der Waals surface area (Å²) < 4.78 is 64.3. The zero-order chi connectivity index (χ0) is 38.1. The molecule has 28 nitrogen and oxygen atoms in total. The van der Waals surface area contributed by atoms with Gasteiger partial charge in [-0.3, -0.25) is 36.9 Å². The third-order valence-electron chi connectivity index (χ3n) is 7.68. The summed E-state index contributed by atoms with van der Waals surface area (Å²) in [7, 11) is -16.5. The summed E-state index contributed by atoms with van der Waals surface area (Å²) in [4.78, 5) is 67.3. The lowest BCUT2D eigenvalue weighted by molar-refractivity contribution is -0.745. The number of ether oxygens (including phenoxy) is 2. The molecule has 6 heterocycles. The molecule has 31 heteroatoms. The molecular weight excluding hydrogens is 771 g/mol. The number of nitrogens with one attached hydrogen (secondary N) is 2. The molecule has 4 aromatic rings. The van der Waals surface area contributed by atoms with Gasteiger partial charge in [0.2, 0.25) is 27.7 Å². The maximum absolute atomic E-state index is 12.4. The molecule has 11 atom stereocenters. The predicted molar refractivity (Wildman–Crippen MR) is 156 cm³/mol. The number of hydrogen-bond acceptors (Lipinski definition) is 23. The molecule has 0 amide bonds. The van der Waals surface area contributed by atoms with Crippen LogP contribution in [0.5, 0.6) is 5.88 Å². The second kappa shape index (κ2) is 13.7. The molecule has 3 unspecified atom stereocenters. The lowest BCUT2D eigenvalue weighted by Crippen LogP contribution is -2.46. The first kappa shape index (κ1) is 38.2. The summed E-state index contributed by atoms with van der Waals surface area (Å²) in [5.41, 5.74) is 9.77. The average Bonchev–Trinajstić information content (AvgIpc) is 3.74. The number of aryl methyl sites for hydroxylation is 1. The average molecular weight is 798 g/mol. The first-order chi connectivity index (χ1) is 24.2. The Balaban J connectivity index is 1.04. The van der Waals surface area contributed by atoms with Crippen molar-refractivity contribution in [2.45, 2.75) is 49.1 Å². The third-order valence-corrected chi connectivity index (χ3v) is 12.3. The summed E-state index contributed by atoms with van der Waals surface area (Å²) in [6.45, 7) is -2.31. The van der Waals surface area contributed by atoms with Crippen molar-refractivity contribution in [3.05, 3.63) is 23.0 Å². The molecule has 10 N–H and O–H groups in total. The highest BCUT2D eigenvalue weighted by Crippen LogP contribution is 2.57. The first-order valence-electron chi connectivity index (χ1n) is 14.4. The highest BCUT2D eigenvalue weighted by molar-refractivity contribution is 7.69. The van der Waals surface area contributed by atoms with E-state index in [0.717, 1.165) is 20.3 Å². The van der Waals surface area contributed by atoms with E-state index in [1.165, 1.54) is 17.9 Å². The maximum Gasteiger partial charge on any atom is 0.309 e. The van der Waals surface area contributed by atoms with Crippen molar-refractivity contribution in [3.63, 3.8) is 0 Å². The number of phosphoric ester groups is 1. The number of nitrogen functional groups attached to an aromatic ring is 2. The quantitative estimate of drug-likeness (QED) is 0.0487. The Bertz CT molecular complexity index is 2220. The molecule has 2 saturated heterocycles.